The normalized spacial score (nSPS) is 48.5. The highest BCUT2D eigenvalue weighted by molar-refractivity contribution is 5.97. The Bertz CT molecular complexity index is 2030. The fourth-order valence-electron chi connectivity index (χ4n) is 19.4. The van der Waals surface area contributed by atoms with E-state index in [9.17, 15) is 39.0 Å². The lowest BCUT2D eigenvalue weighted by Crippen LogP contribution is -2.45. The molecule has 4 heterocycles. The van der Waals surface area contributed by atoms with E-state index in [1.165, 1.54) is 0 Å². The van der Waals surface area contributed by atoms with Crippen molar-refractivity contribution in [1.82, 2.24) is 0 Å². The number of hydrogen-bond donors (Lipinski definition) is 2. The summed E-state index contributed by atoms with van der Waals surface area (Å²) in [7, 11) is 0. The van der Waals surface area contributed by atoms with E-state index in [0.29, 0.717) is 122 Å². The van der Waals surface area contributed by atoms with Crippen molar-refractivity contribution in [3.05, 3.63) is 0 Å². The summed E-state index contributed by atoms with van der Waals surface area (Å²) in [6.07, 6.45) is 9.77. The molecule has 24 unspecified atom stereocenters. The van der Waals surface area contributed by atoms with Gasteiger partial charge in [-0.15, -0.1) is 0 Å². The van der Waals surface area contributed by atoms with Crippen LogP contribution in [0.3, 0.4) is 0 Å². The van der Waals surface area contributed by atoms with Crippen molar-refractivity contribution in [1.29, 1.82) is 0 Å². The fraction of sp³-hybridized carbons (Fsp3) is 0.891. The van der Waals surface area contributed by atoms with Crippen LogP contribution in [0.2, 0.25) is 0 Å². The number of hydrogen-bond acceptors (Lipinski definition) is 14. The number of cyclic esters (lactones) is 4. The Morgan fingerprint density at radius 1 is 0.479 bits per heavy atom. The number of carbonyl (C=O) groups excluding carboxylic acids is 4. The zero-order valence-electron chi connectivity index (χ0n) is 42.1. The predicted octanol–water partition coefficient (Wildman–Crippen LogP) is 6.36. The first-order valence-corrected chi connectivity index (χ1v) is 27.8. The van der Waals surface area contributed by atoms with Crippen molar-refractivity contribution >= 4 is 35.8 Å². The number of esters is 4. The average Bonchev–Trinajstić information content (AvgIpc) is 4.20. The van der Waals surface area contributed by atoms with E-state index < -0.39 is 23.8 Å². The Balaban J connectivity index is 0.000000154. The van der Waals surface area contributed by atoms with Gasteiger partial charge in [0.15, 0.2) is 12.6 Å². The molecule has 4 saturated heterocycles. The third kappa shape index (κ3) is 8.93. The SMILES string of the molecule is CC1C(=O)OC(=O)C1C1C2CC(COCCC3OCCCO3)C(C2)C1C1C2CC(C(=O)O)C(C2)C1C.CC1C(=O)OC(=O)C1C1C2CC(COCCC3OCCO3)C(C2)C1C1C2CC(C(=O)O)C(C2)C1C. The number of ether oxygens (including phenoxy) is 8. The lowest BCUT2D eigenvalue weighted by Gasteiger charge is -2.46. The van der Waals surface area contributed by atoms with Crippen LogP contribution < -0.4 is 0 Å². The largest absolute Gasteiger partial charge is 0.481 e. The van der Waals surface area contributed by atoms with Gasteiger partial charge in [0, 0.05) is 26.1 Å². The lowest BCUT2D eigenvalue weighted by molar-refractivity contribution is -0.187. The summed E-state index contributed by atoms with van der Waals surface area (Å²) in [6, 6.07) is 0. The number of aliphatic carboxylic acids is 2. The topological polar surface area (TPSA) is 217 Å². The Labute approximate surface area is 417 Å². The third-order valence-corrected chi connectivity index (χ3v) is 21.9. The zero-order valence-corrected chi connectivity index (χ0v) is 42.1. The second-order valence-electron chi connectivity index (χ2n) is 24.7. The molecule has 24 atom stereocenters. The first kappa shape index (κ1) is 50.2. The summed E-state index contributed by atoms with van der Waals surface area (Å²) in [6.45, 7) is 13.6. The van der Waals surface area contributed by atoms with E-state index >= 15 is 0 Å². The van der Waals surface area contributed by atoms with Crippen LogP contribution >= 0.6 is 0 Å². The molecule has 71 heavy (non-hydrogen) atoms. The second-order valence-corrected chi connectivity index (χ2v) is 24.7. The number of carboxylic acids is 2. The Kier molecular flexibility index (Phi) is 14.3. The number of fused-ring (bicyclic) bond motifs is 8. The van der Waals surface area contributed by atoms with Gasteiger partial charge < -0.3 is 48.1 Å². The third-order valence-electron chi connectivity index (χ3n) is 21.9. The molecule has 16 nitrogen and oxygen atoms in total. The first-order chi connectivity index (χ1) is 34.2. The summed E-state index contributed by atoms with van der Waals surface area (Å²) in [4.78, 5) is 74.1. The highest BCUT2D eigenvalue weighted by atomic mass is 16.7. The second kappa shape index (κ2) is 20.3. The average molecular weight is 995 g/mol. The van der Waals surface area contributed by atoms with Gasteiger partial charge in [-0.1, -0.05) is 27.7 Å². The van der Waals surface area contributed by atoms with Crippen molar-refractivity contribution < 1.29 is 76.9 Å². The van der Waals surface area contributed by atoms with Crippen LogP contribution in [-0.2, 0) is 66.7 Å². The minimum Gasteiger partial charge on any atom is -0.481 e. The van der Waals surface area contributed by atoms with Gasteiger partial charge in [-0.25, -0.2) is 0 Å². The van der Waals surface area contributed by atoms with E-state index in [2.05, 4.69) is 13.8 Å². The van der Waals surface area contributed by atoms with Crippen molar-refractivity contribution in [3.63, 3.8) is 0 Å². The highest BCUT2D eigenvalue weighted by Gasteiger charge is 2.68. The van der Waals surface area contributed by atoms with Gasteiger partial charge in [-0.3, -0.25) is 28.8 Å². The van der Waals surface area contributed by atoms with Crippen LogP contribution in [0.15, 0.2) is 0 Å². The maximum Gasteiger partial charge on any atom is 0.317 e. The summed E-state index contributed by atoms with van der Waals surface area (Å²) in [5.41, 5.74) is 0. The maximum absolute atomic E-state index is 12.9. The van der Waals surface area contributed by atoms with Gasteiger partial charge in [-0.05, 0) is 164 Å². The smallest absolute Gasteiger partial charge is 0.317 e. The molecular formula is C55H78O16. The Hall–Kier alpha value is -3.02. The number of rotatable bonds is 16. The molecule has 0 amide bonds. The van der Waals surface area contributed by atoms with Crippen LogP contribution in [-0.4, -0.2) is 111 Å². The minimum atomic E-state index is -0.660. The minimum absolute atomic E-state index is 0.152. The van der Waals surface area contributed by atoms with Crippen molar-refractivity contribution in [2.45, 2.75) is 111 Å². The monoisotopic (exact) mass is 995 g/mol. The molecule has 0 aromatic heterocycles. The molecule has 4 aliphatic heterocycles. The first-order valence-electron chi connectivity index (χ1n) is 27.8. The zero-order chi connectivity index (χ0) is 49.6. The van der Waals surface area contributed by atoms with Crippen LogP contribution in [0.25, 0.3) is 0 Å². The van der Waals surface area contributed by atoms with Gasteiger partial charge in [0.1, 0.15) is 0 Å². The summed E-state index contributed by atoms with van der Waals surface area (Å²) >= 11 is 0. The summed E-state index contributed by atoms with van der Waals surface area (Å²) in [5, 5.41) is 19.5. The van der Waals surface area contributed by atoms with Gasteiger partial charge >= 0.3 is 35.8 Å². The molecular weight excluding hydrogens is 917 g/mol. The molecule has 394 valence electrons. The van der Waals surface area contributed by atoms with Crippen molar-refractivity contribution in [3.8, 4) is 0 Å². The molecule has 12 rings (SSSR count). The number of carbonyl (C=O) groups is 6. The summed E-state index contributed by atoms with van der Waals surface area (Å²) in [5.74, 6) is 1.48. The molecule has 8 bridgehead atoms. The molecule has 8 saturated carbocycles. The van der Waals surface area contributed by atoms with Crippen LogP contribution in [0.5, 0.6) is 0 Å². The Morgan fingerprint density at radius 2 is 0.859 bits per heavy atom. The van der Waals surface area contributed by atoms with Crippen molar-refractivity contribution in [2.75, 3.05) is 52.9 Å². The number of carboxylic acid groups (broad SMARTS) is 2. The quantitative estimate of drug-likeness (QED) is 0.0978. The van der Waals surface area contributed by atoms with E-state index in [1.807, 2.05) is 13.8 Å². The highest BCUT2D eigenvalue weighted by Crippen LogP contribution is 2.70. The van der Waals surface area contributed by atoms with Gasteiger partial charge in [0.25, 0.3) is 0 Å². The van der Waals surface area contributed by atoms with Gasteiger partial charge in [0.2, 0.25) is 0 Å². The molecule has 0 aromatic rings. The molecule has 12 aliphatic rings. The molecule has 0 aromatic carbocycles. The van der Waals surface area contributed by atoms with E-state index in [4.69, 9.17) is 37.9 Å². The van der Waals surface area contributed by atoms with Gasteiger partial charge in [-0.2, -0.15) is 0 Å². The van der Waals surface area contributed by atoms with Gasteiger partial charge in [0.05, 0.1) is 75.1 Å². The van der Waals surface area contributed by atoms with Crippen LogP contribution in [0.1, 0.15) is 98.3 Å². The summed E-state index contributed by atoms with van der Waals surface area (Å²) < 4.78 is 44.8. The molecule has 2 N–H and O–H groups in total. The molecule has 12 fully saturated rings. The lowest BCUT2D eigenvalue weighted by atomic mass is 9.57. The molecule has 0 radical (unpaired) electrons. The van der Waals surface area contributed by atoms with E-state index in [1.54, 1.807) is 0 Å². The van der Waals surface area contributed by atoms with E-state index in [0.717, 1.165) is 83.8 Å². The fourth-order valence-corrected chi connectivity index (χ4v) is 19.4. The molecule has 8 aliphatic carbocycles. The molecule has 0 spiro atoms. The Morgan fingerprint density at radius 3 is 1.23 bits per heavy atom. The predicted molar refractivity (Wildman–Crippen MR) is 248 cm³/mol. The molecule has 16 heteroatoms. The van der Waals surface area contributed by atoms with Crippen molar-refractivity contribution in [2.24, 2.45) is 142 Å². The van der Waals surface area contributed by atoms with Crippen LogP contribution in [0, 0.1) is 142 Å². The van der Waals surface area contributed by atoms with Crippen LogP contribution in [0.4, 0.5) is 0 Å². The van der Waals surface area contributed by atoms with E-state index in [-0.39, 0.29) is 83.8 Å². The maximum atomic E-state index is 12.9. The standard InChI is InChI=1S/C28H40O8.C27H38O8/c1-13-18-9-16(11-20(18)26(29)30)22(13)25-19-10-15(24(25)23-14(2)27(31)36-28(23)32)8-17(19)12-33-7-4-21-34-5-3-6-35-21;1-12-17-8-15(10-19(17)25(28)29)21(12)24-18-9-14(23(24)22-13(2)26(30)35-27(22)31)7-16(18)11-32-4-3-20-33-5-6-34-20/h13-25H,3-12H2,1-2H3,(H,29,30);12-24H,3-11H2,1-2H3,(H,28,29).